The fraction of sp³-hybridized carbons (Fsp3) is 0.556. The van der Waals surface area contributed by atoms with Gasteiger partial charge < -0.3 is 20.4 Å². The topological polar surface area (TPSA) is 60.0 Å². The lowest BCUT2D eigenvalue weighted by molar-refractivity contribution is -0.128. The minimum absolute atomic E-state index is 0. The van der Waals surface area contributed by atoms with E-state index in [2.05, 4.69) is 51.7 Å². The molecule has 1 aromatic carbocycles. The molecular weight excluding hydrogens is 429 g/mol. The maximum absolute atomic E-state index is 11.5. The first-order valence-electron chi connectivity index (χ1n) is 8.53. The molecule has 2 N–H and O–H groups in total. The Hall–Kier alpha value is -1.51. The summed E-state index contributed by atoms with van der Waals surface area (Å²) >= 11 is 0. The summed E-state index contributed by atoms with van der Waals surface area (Å²) in [7, 11) is 5.27. The second kappa shape index (κ2) is 13.7. The smallest absolute Gasteiger partial charge is 0.223 e. The van der Waals surface area contributed by atoms with Crippen molar-refractivity contribution >= 4 is 41.5 Å². The van der Waals surface area contributed by atoms with Crippen molar-refractivity contribution in [3.8, 4) is 0 Å². The van der Waals surface area contributed by atoms with Crippen LogP contribution in [-0.2, 0) is 4.79 Å². The van der Waals surface area contributed by atoms with Crippen LogP contribution in [-0.4, -0.2) is 64.1 Å². The molecule has 0 atom stereocenters. The average Bonchev–Trinajstić information content (AvgIpc) is 2.60. The zero-order chi connectivity index (χ0) is 17.8. The maximum Gasteiger partial charge on any atom is 0.223 e. The van der Waals surface area contributed by atoms with Gasteiger partial charge in [0.15, 0.2) is 5.96 Å². The van der Waals surface area contributed by atoms with Crippen LogP contribution in [0.25, 0.3) is 0 Å². The SMILES string of the molecule is CCN(CCCNC(=NC)NCCC(=O)N(C)C)c1ccccc1.I. The highest BCUT2D eigenvalue weighted by Gasteiger charge is 2.05. The van der Waals surface area contributed by atoms with E-state index >= 15 is 0 Å². The number of nitrogens with zero attached hydrogens (tertiary/aromatic N) is 3. The van der Waals surface area contributed by atoms with Crippen LogP contribution in [0.5, 0.6) is 0 Å². The molecule has 0 unspecified atom stereocenters. The number of nitrogens with one attached hydrogen (secondary N) is 2. The Bertz CT molecular complexity index is 507. The van der Waals surface area contributed by atoms with Crippen LogP contribution in [0.1, 0.15) is 19.8 Å². The highest BCUT2D eigenvalue weighted by Crippen LogP contribution is 2.12. The first-order chi connectivity index (χ1) is 11.6. The maximum atomic E-state index is 11.5. The molecule has 7 heteroatoms. The van der Waals surface area contributed by atoms with Crippen molar-refractivity contribution in [2.75, 3.05) is 52.2 Å². The molecule has 1 amide bonds. The number of amides is 1. The molecule has 25 heavy (non-hydrogen) atoms. The van der Waals surface area contributed by atoms with E-state index in [4.69, 9.17) is 0 Å². The van der Waals surface area contributed by atoms with Gasteiger partial charge in [0.25, 0.3) is 0 Å². The number of para-hydroxylation sites is 1. The van der Waals surface area contributed by atoms with Gasteiger partial charge in [0.2, 0.25) is 5.91 Å². The monoisotopic (exact) mass is 461 g/mol. The molecule has 0 aliphatic rings. The van der Waals surface area contributed by atoms with Crippen LogP contribution in [0.15, 0.2) is 35.3 Å². The molecule has 0 spiro atoms. The molecule has 0 heterocycles. The number of anilines is 1. The van der Waals surface area contributed by atoms with Crippen LogP contribution in [0.3, 0.4) is 0 Å². The van der Waals surface area contributed by atoms with E-state index in [1.165, 1.54) is 5.69 Å². The summed E-state index contributed by atoms with van der Waals surface area (Å²) in [4.78, 5) is 19.7. The van der Waals surface area contributed by atoms with Gasteiger partial charge in [-0.2, -0.15) is 0 Å². The van der Waals surface area contributed by atoms with Gasteiger partial charge in [0.05, 0.1) is 0 Å². The van der Waals surface area contributed by atoms with Gasteiger partial charge in [-0.15, -0.1) is 24.0 Å². The van der Waals surface area contributed by atoms with Crippen LogP contribution >= 0.6 is 24.0 Å². The van der Waals surface area contributed by atoms with Crippen molar-refractivity contribution in [1.29, 1.82) is 0 Å². The fourth-order valence-electron chi connectivity index (χ4n) is 2.32. The van der Waals surface area contributed by atoms with E-state index in [9.17, 15) is 4.79 Å². The molecule has 0 fully saturated rings. The number of hydrogen-bond acceptors (Lipinski definition) is 3. The number of rotatable bonds is 9. The van der Waals surface area contributed by atoms with Crippen molar-refractivity contribution in [2.45, 2.75) is 19.8 Å². The largest absolute Gasteiger partial charge is 0.372 e. The van der Waals surface area contributed by atoms with Crippen LogP contribution in [0.2, 0.25) is 0 Å². The summed E-state index contributed by atoms with van der Waals surface area (Å²) in [6, 6.07) is 10.4. The van der Waals surface area contributed by atoms with E-state index in [-0.39, 0.29) is 29.9 Å². The van der Waals surface area contributed by atoms with E-state index in [1.807, 2.05) is 6.07 Å². The first kappa shape index (κ1) is 23.5. The van der Waals surface area contributed by atoms with E-state index in [0.717, 1.165) is 32.0 Å². The zero-order valence-corrected chi connectivity index (χ0v) is 18.1. The number of aliphatic imine (C=N–C) groups is 1. The molecule has 0 saturated carbocycles. The average molecular weight is 461 g/mol. The van der Waals surface area contributed by atoms with Gasteiger partial charge >= 0.3 is 0 Å². The minimum atomic E-state index is 0. The second-order valence-electron chi connectivity index (χ2n) is 5.73. The first-order valence-corrected chi connectivity index (χ1v) is 8.53. The quantitative estimate of drug-likeness (QED) is 0.256. The molecule has 6 nitrogen and oxygen atoms in total. The highest BCUT2D eigenvalue weighted by atomic mass is 127. The molecule has 1 rings (SSSR count). The highest BCUT2D eigenvalue weighted by molar-refractivity contribution is 14.0. The van der Waals surface area contributed by atoms with E-state index in [0.29, 0.717) is 13.0 Å². The Morgan fingerprint density at radius 1 is 1.12 bits per heavy atom. The van der Waals surface area contributed by atoms with Gasteiger partial charge in [-0.1, -0.05) is 18.2 Å². The standard InChI is InChI=1S/C18H31N5O.HI/c1-5-23(16-10-7-6-8-11-16)15-9-13-20-18(19-2)21-14-12-17(24)22(3)4;/h6-8,10-11H,5,9,12-15H2,1-4H3,(H2,19,20,21);1H. The number of benzene rings is 1. The van der Waals surface area contributed by atoms with E-state index < -0.39 is 0 Å². The molecular formula is C18H32IN5O. The third-order valence-electron chi connectivity index (χ3n) is 3.75. The Morgan fingerprint density at radius 2 is 1.76 bits per heavy atom. The summed E-state index contributed by atoms with van der Waals surface area (Å²) in [5, 5.41) is 6.46. The third-order valence-corrected chi connectivity index (χ3v) is 3.75. The van der Waals surface area contributed by atoms with Crippen molar-refractivity contribution in [1.82, 2.24) is 15.5 Å². The molecule has 0 aromatic heterocycles. The second-order valence-corrected chi connectivity index (χ2v) is 5.73. The van der Waals surface area contributed by atoms with Crippen LogP contribution < -0.4 is 15.5 Å². The predicted octanol–water partition coefficient (Wildman–Crippen LogP) is 2.16. The van der Waals surface area contributed by atoms with Gasteiger partial charge in [0, 0.05) is 59.4 Å². The minimum Gasteiger partial charge on any atom is -0.372 e. The lowest BCUT2D eigenvalue weighted by Crippen LogP contribution is -2.40. The molecule has 0 aliphatic carbocycles. The summed E-state index contributed by atoms with van der Waals surface area (Å²) in [5.74, 6) is 0.851. The lowest BCUT2D eigenvalue weighted by atomic mass is 10.2. The fourth-order valence-corrected chi connectivity index (χ4v) is 2.32. The van der Waals surface area contributed by atoms with Crippen LogP contribution in [0.4, 0.5) is 5.69 Å². The Balaban J connectivity index is 0.00000576. The molecule has 0 saturated heterocycles. The Morgan fingerprint density at radius 3 is 2.32 bits per heavy atom. The lowest BCUT2D eigenvalue weighted by Gasteiger charge is -2.23. The summed E-state index contributed by atoms with van der Waals surface area (Å²) in [6.45, 7) is 5.57. The molecule has 142 valence electrons. The van der Waals surface area contributed by atoms with Crippen molar-refractivity contribution in [3.63, 3.8) is 0 Å². The number of guanidine groups is 1. The van der Waals surface area contributed by atoms with Crippen molar-refractivity contribution in [3.05, 3.63) is 30.3 Å². The summed E-state index contributed by atoms with van der Waals surface area (Å²) < 4.78 is 0. The number of halogens is 1. The van der Waals surface area contributed by atoms with Gasteiger partial charge in [0.1, 0.15) is 0 Å². The van der Waals surface area contributed by atoms with Gasteiger partial charge in [-0.3, -0.25) is 9.79 Å². The summed E-state index contributed by atoms with van der Waals surface area (Å²) in [5.41, 5.74) is 1.25. The normalized spacial score (nSPS) is 10.6. The summed E-state index contributed by atoms with van der Waals surface area (Å²) in [6.07, 6.45) is 1.48. The van der Waals surface area contributed by atoms with Gasteiger partial charge in [-0.25, -0.2) is 0 Å². The molecule has 0 radical (unpaired) electrons. The van der Waals surface area contributed by atoms with E-state index in [1.54, 1.807) is 26.0 Å². The molecule has 0 aliphatic heterocycles. The zero-order valence-electron chi connectivity index (χ0n) is 15.8. The Kier molecular flexibility index (Phi) is 12.9. The predicted molar refractivity (Wildman–Crippen MR) is 117 cm³/mol. The number of hydrogen-bond donors (Lipinski definition) is 2. The number of carbonyl (C=O) groups is 1. The molecule has 1 aromatic rings. The third kappa shape index (κ3) is 9.52. The van der Waals surface area contributed by atoms with Crippen LogP contribution in [0, 0.1) is 0 Å². The number of carbonyl (C=O) groups excluding carboxylic acids is 1. The van der Waals surface area contributed by atoms with Gasteiger partial charge in [-0.05, 0) is 25.5 Å². The molecule has 0 bridgehead atoms. The Labute approximate surface area is 169 Å². The van der Waals surface area contributed by atoms with Crippen molar-refractivity contribution in [2.24, 2.45) is 4.99 Å². The van der Waals surface area contributed by atoms with Crippen molar-refractivity contribution < 1.29 is 4.79 Å².